The van der Waals surface area contributed by atoms with E-state index in [1.54, 1.807) is 12.1 Å². The van der Waals surface area contributed by atoms with Crippen LogP contribution in [0.3, 0.4) is 0 Å². The van der Waals surface area contributed by atoms with Gasteiger partial charge in [0.15, 0.2) is 0 Å². The maximum absolute atomic E-state index is 12.7. The van der Waals surface area contributed by atoms with Gasteiger partial charge in [0.05, 0.1) is 10.5 Å². The summed E-state index contributed by atoms with van der Waals surface area (Å²) in [6, 6.07) is 13.5. The summed E-state index contributed by atoms with van der Waals surface area (Å²) in [6.07, 6.45) is -3.11. The molecular weight excluding hydrogens is 429 g/mol. The molecule has 2 aromatic carbocycles. The Bertz CT molecular complexity index is 1170. The third-order valence-corrected chi connectivity index (χ3v) is 5.79. The second-order valence-corrected chi connectivity index (χ2v) is 9.51. The lowest BCUT2D eigenvalue weighted by molar-refractivity contribution is -0.137. The number of rotatable bonds is 5. The molecule has 0 spiro atoms. The van der Waals surface area contributed by atoms with Crippen LogP contribution in [0.1, 0.15) is 31.9 Å². The third kappa shape index (κ3) is 5.35. The second-order valence-electron chi connectivity index (χ2n) is 7.83. The zero-order valence-corrected chi connectivity index (χ0v) is 17.9. The second kappa shape index (κ2) is 8.22. The van der Waals surface area contributed by atoms with Gasteiger partial charge in [-0.25, -0.2) is 13.4 Å². The molecule has 0 aliphatic heterocycles. The lowest BCUT2D eigenvalue weighted by atomic mass is 9.86. The molecule has 0 fully saturated rings. The number of hydrogen-bond acceptors (Lipinski definition) is 4. The van der Waals surface area contributed by atoms with Crippen LogP contribution in [0, 0.1) is 0 Å². The highest BCUT2D eigenvalue weighted by Crippen LogP contribution is 2.36. The average Bonchev–Trinajstić information content (AvgIpc) is 2.68. The van der Waals surface area contributed by atoms with Gasteiger partial charge in [0, 0.05) is 11.8 Å². The van der Waals surface area contributed by atoms with Crippen molar-refractivity contribution in [2.24, 2.45) is 0 Å². The Hall–Kier alpha value is -3.07. The van der Waals surface area contributed by atoms with Crippen LogP contribution in [0.15, 0.2) is 71.8 Å². The van der Waals surface area contributed by atoms with Gasteiger partial charge in [-0.15, -0.1) is 0 Å². The molecule has 9 heteroatoms. The van der Waals surface area contributed by atoms with Crippen LogP contribution in [0.4, 0.5) is 18.9 Å². The summed E-state index contributed by atoms with van der Waals surface area (Å²) in [5, 5.41) is 0. The fraction of sp³-hybridized carbons (Fsp3) is 0.227. The standard InChI is InChI=1S/C22H21F3N2O3S/c1-21(2,3)17-7-4-5-9-19(17)30-20-18(8-6-14-26-20)27-31(28,29)16-12-10-15(11-13-16)22(23,24)25/h4-14,27H,1-3H3. The normalized spacial score (nSPS) is 12.5. The number of nitrogens with zero attached hydrogens (tertiary/aromatic N) is 1. The molecule has 0 aliphatic rings. The van der Waals surface area contributed by atoms with E-state index in [0.717, 1.165) is 29.8 Å². The Labute approximate surface area is 179 Å². The maximum atomic E-state index is 12.7. The first-order chi connectivity index (χ1) is 14.4. The topological polar surface area (TPSA) is 68.3 Å². The summed E-state index contributed by atoms with van der Waals surface area (Å²) in [4.78, 5) is 3.81. The number of hydrogen-bond donors (Lipinski definition) is 1. The number of nitrogens with one attached hydrogen (secondary N) is 1. The minimum atomic E-state index is -4.56. The van der Waals surface area contributed by atoms with Crippen LogP contribution in [-0.2, 0) is 21.6 Å². The van der Waals surface area contributed by atoms with Crippen molar-refractivity contribution in [3.63, 3.8) is 0 Å². The van der Waals surface area contributed by atoms with E-state index in [1.165, 1.54) is 18.3 Å². The lowest BCUT2D eigenvalue weighted by Crippen LogP contribution is -2.15. The quantitative estimate of drug-likeness (QED) is 0.518. The molecule has 1 aromatic heterocycles. The third-order valence-electron chi connectivity index (χ3n) is 4.41. The van der Waals surface area contributed by atoms with Crippen molar-refractivity contribution in [1.82, 2.24) is 4.98 Å². The van der Waals surface area contributed by atoms with Crippen LogP contribution in [0.5, 0.6) is 11.6 Å². The molecule has 5 nitrogen and oxygen atoms in total. The van der Waals surface area contributed by atoms with Gasteiger partial charge in [0.1, 0.15) is 11.4 Å². The van der Waals surface area contributed by atoms with E-state index in [-0.39, 0.29) is 21.9 Å². The first-order valence-corrected chi connectivity index (χ1v) is 10.8. The molecule has 1 heterocycles. The van der Waals surface area contributed by atoms with Crippen LogP contribution in [0.2, 0.25) is 0 Å². The van der Waals surface area contributed by atoms with Crippen molar-refractivity contribution in [1.29, 1.82) is 0 Å². The molecule has 164 valence electrons. The molecule has 0 unspecified atom stereocenters. The fourth-order valence-corrected chi connectivity index (χ4v) is 3.91. The minimum absolute atomic E-state index is 0.0229. The SMILES string of the molecule is CC(C)(C)c1ccccc1Oc1ncccc1NS(=O)(=O)c1ccc(C(F)(F)F)cc1. The largest absolute Gasteiger partial charge is 0.437 e. The molecule has 0 atom stereocenters. The number of alkyl halides is 3. The Morgan fingerprint density at radius 1 is 0.903 bits per heavy atom. The molecule has 0 saturated heterocycles. The van der Waals surface area contributed by atoms with E-state index in [9.17, 15) is 21.6 Å². The summed E-state index contributed by atoms with van der Waals surface area (Å²) < 4.78 is 72.0. The van der Waals surface area contributed by atoms with Crippen LogP contribution >= 0.6 is 0 Å². The molecule has 0 amide bonds. The van der Waals surface area contributed by atoms with Gasteiger partial charge in [0.2, 0.25) is 5.88 Å². The van der Waals surface area contributed by atoms with Gasteiger partial charge in [-0.1, -0.05) is 39.0 Å². The average molecular weight is 450 g/mol. The summed E-state index contributed by atoms with van der Waals surface area (Å²) >= 11 is 0. The highest BCUT2D eigenvalue weighted by atomic mass is 32.2. The number of halogens is 3. The van der Waals surface area contributed by atoms with Gasteiger partial charge in [-0.2, -0.15) is 13.2 Å². The van der Waals surface area contributed by atoms with E-state index >= 15 is 0 Å². The first kappa shape index (κ1) is 22.6. The Kier molecular flexibility index (Phi) is 6.00. The van der Waals surface area contributed by atoms with Crippen molar-refractivity contribution < 1.29 is 26.3 Å². The van der Waals surface area contributed by atoms with Gasteiger partial charge >= 0.3 is 6.18 Å². The molecular formula is C22H21F3N2O3S. The number of anilines is 1. The molecule has 0 aliphatic carbocycles. The number of para-hydroxylation sites is 1. The summed E-state index contributed by atoms with van der Waals surface area (Å²) in [5.41, 5.74) is -0.204. The molecule has 1 N–H and O–H groups in total. The van der Waals surface area contributed by atoms with Gasteiger partial charge < -0.3 is 4.74 Å². The van der Waals surface area contributed by atoms with Crippen LogP contribution in [-0.4, -0.2) is 13.4 Å². The maximum Gasteiger partial charge on any atom is 0.416 e. The van der Waals surface area contributed by atoms with Gasteiger partial charge in [-0.05, 0) is 47.9 Å². The molecule has 0 saturated carbocycles. The molecule has 3 rings (SSSR count). The lowest BCUT2D eigenvalue weighted by Gasteiger charge is -2.22. The predicted octanol–water partition coefficient (Wildman–Crippen LogP) is 5.99. The van der Waals surface area contributed by atoms with Crippen molar-refractivity contribution >= 4 is 15.7 Å². The number of pyridine rings is 1. The van der Waals surface area contributed by atoms with Crippen molar-refractivity contribution in [3.8, 4) is 11.6 Å². The molecule has 0 bridgehead atoms. The smallest absolute Gasteiger partial charge is 0.416 e. The van der Waals surface area contributed by atoms with Gasteiger partial charge in [0.25, 0.3) is 10.0 Å². The number of sulfonamides is 1. The van der Waals surface area contributed by atoms with E-state index in [0.29, 0.717) is 5.75 Å². The monoisotopic (exact) mass is 450 g/mol. The molecule has 31 heavy (non-hydrogen) atoms. The summed E-state index contributed by atoms with van der Waals surface area (Å²) in [7, 11) is -4.17. The Balaban J connectivity index is 1.91. The highest BCUT2D eigenvalue weighted by Gasteiger charge is 2.31. The van der Waals surface area contributed by atoms with Crippen molar-refractivity contribution in [2.75, 3.05) is 4.72 Å². The minimum Gasteiger partial charge on any atom is -0.437 e. The van der Waals surface area contributed by atoms with Crippen molar-refractivity contribution in [2.45, 2.75) is 37.3 Å². The van der Waals surface area contributed by atoms with E-state index < -0.39 is 21.8 Å². The number of benzene rings is 2. The van der Waals surface area contributed by atoms with Gasteiger partial charge in [-0.3, -0.25) is 4.72 Å². The van der Waals surface area contributed by atoms with E-state index in [2.05, 4.69) is 9.71 Å². The van der Waals surface area contributed by atoms with Crippen LogP contribution < -0.4 is 9.46 Å². The fourth-order valence-electron chi connectivity index (χ4n) is 2.86. The summed E-state index contributed by atoms with van der Waals surface area (Å²) in [6.45, 7) is 6.05. The van der Waals surface area contributed by atoms with Crippen molar-refractivity contribution in [3.05, 3.63) is 78.0 Å². The number of aromatic nitrogens is 1. The predicted molar refractivity (Wildman–Crippen MR) is 112 cm³/mol. The highest BCUT2D eigenvalue weighted by molar-refractivity contribution is 7.92. The summed E-state index contributed by atoms with van der Waals surface area (Å²) in [5.74, 6) is 0.540. The molecule has 3 aromatic rings. The first-order valence-electron chi connectivity index (χ1n) is 9.30. The molecule has 0 radical (unpaired) electrons. The number of ether oxygens (including phenoxy) is 1. The van der Waals surface area contributed by atoms with E-state index in [1.807, 2.05) is 32.9 Å². The zero-order valence-electron chi connectivity index (χ0n) is 17.1. The zero-order chi connectivity index (χ0) is 22.9. The Morgan fingerprint density at radius 3 is 2.16 bits per heavy atom. The Morgan fingerprint density at radius 2 is 1.55 bits per heavy atom. The van der Waals surface area contributed by atoms with Crippen LogP contribution in [0.25, 0.3) is 0 Å². The van der Waals surface area contributed by atoms with E-state index in [4.69, 9.17) is 4.74 Å².